The Kier molecular flexibility index (Phi) is 20.2. The number of hydrogen-bond donors (Lipinski definition) is 4. The first-order valence-electron chi connectivity index (χ1n) is 17.5. The molecular weight excluding hydrogens is 671 g/mol. The third-order valence-electron chi connectivity index (χ3n) is 10.0. The molecule has 1 aromatic carbocycles. The average molecular weight is 731 g/mol. The summed E-state index contributed by atoms with van der Waals surface area (Å²) in [5.41, 5.74) is 7.17. The fourth-order valence-corrected chi connectivity index (χ4v) is 7.28. The maximum absolute atomic E-state index is 12.2. The molecule has 1 aromatic heterocycles. The number of fused-ring (bicyclic) bond motifs is 2. The summed E-state index contributed by atoms with van der Waals surface area (Å²) in [6.07, 6.45) is 19.9. The van der Waals surface area contributed by atoms with Gasteiger partial charge in [-0.15, -0.1) is 0 Å². The number of carbonyl (C=O) groups excluding carboxylic acids is 3. The van der Waals surface area contributed by atoms with Crippen LogP contribution >= 0.6 is 0 Å². The number of H-pyrrole nitrogens is 1. The number of aldehydes is 1. The molecule has 277 valence electrons. The van der Waals surface area contributed by atoms with E-state index in [-0.39, 0.29) is 49.3 Å². The molecule has 0 saturated heterocycles. The molecule has 1 heterocycles. The number of aliphatic hydroxyl groups is 1. The minimum Gasteiger partial charge on any atom is -0.497 e. The fourth-order valence-electron chi connectivity index (χ4n) is 7.28. The maximum atomic E-state index is 12.2. The number of nitrogens with one attached hydrogen (secondary N) is 2. The number of unbranched alkanes of at least 4 members (excludes halogenated alkanes) is 2. The minimum absolute atomic E-state index is 0. The fraction of sp³-hybridized carbons (Fsp3) is 0.590. The van der Waals surface area contributed by atoms with E-state index in [4.69, 9.17) is 9.53 Å². The summed E-state index contributed by atoms with van der Waals surface area (Å²) in [5.74, 6) is 3.43. The Morgan fingerprint density at radius 3 is 2.46 bits per heavy atom. The van der Waals surface area contributed by atoms with Crippen LogP contribution in [0.5, 0.6) is 5.75 Å². The Hall–Kier alpha value is -3.21. The molecule has 2 saturated carbocycles. The number of methoxy groups -OCH3 is 1. The number of nitrogens with zero attached hydrogens (tertiary/aromatic N) is 1. The molecule has 0 bridgehead atoms. The zero-order valence-corrected chi connectivity index (χ0v) is 32.0. The number of carbonyl (C=O) groups is 3. The summed E-state index contributed by atoms with van der Waals surface area (Å²) in [6.45, 7) is 6.31. The van der Waals surface area contributed by atoms with Crippen LogP contribution in [-0.2, 0) is 39.4 Å². The predicted molar refractivity (Wildman–Crippen MR) is 196 cm³/mol. The SMILES string of the molecule is CC(C)(C)[C@H](O)C(C=O)C(CCNC=O)C1=CC=CCC1.COc1ccc2nc(CCCCCC3CCC4CC34)c(=O)[nH]c2c1.NC=O.[CH3-].[V]. The number of rotatable bonds is 15. The molecule has 50 heavy (non-hydrogen) atoms. The largest absolute Gasteiger partial charge is 0.497 e. The van der Waals surface area contributed by atoms with Crippen LogP contribution in [0.2, 0.25) is 0 Å². The predicted octanol–water partition coefficient (Wildman–Crippen LogP) is 5.87. The number of benzene rings is 1. The van der Waals surface area contributed by atoms with E-state index < -0.39 is 12.0 Å². The van der Waals surface area contributed by atoms with Crippen molar-refractivity contribution in [2.24, 2.45) is 40.7 Å². The molecule has 0 spiro atoms. The minimum atomic E-state index is -0.706. The zero-order valence-electron chi connectivity index (χ0n) is 30.6. The van der Waals surface area contributed by atoms with Crippen molar-refractivity contribution < 1.29 is 42.8 Å². The van der Waals surface area contributed by atoms with Gasteiger partial charge in [0.05, 0.1) is 24.2 Å². The normalized spacial score (nSPS) is 20.3. The number of aromatic nitrogens is 2. The number of nitrogens with two attached hydrogens (primary N) is 1. The first-order chi connectivity index (χ1) is 23.1. The van der Waals surface area contributed by atoms with Crippen LogP contribution in [-0.4, -0.2) is 53.9 Å². The number of aromatic amines is 1. The topological polar surface area (TPSA) is 164 Å². The molecule has 2 amide bonds. The van der Waals surface area contributed by atoms with Crippen molar-refractivity contribution >= 4 is 30.1 Å². The van der Waals surface area contributed by atoms with Crippen molar-refractivity contribution in [3.63, 3.8) is 0 Å². The van der Waals surface area contributed by atoms with Crippen molar-refractivity contribution in [3.8, 4) is 5.75 Å². The van der Waals surface area contributed by atoms with Crippen molar-refractivity contribution in [1.82, 2.24) is 15.3 Å². The second-order valence-corrected chi connectivity index (χ2v) is 14.3. The second-order valence-electron chi connectivity index (χ2n) is 14.3. The van der Waals surface area contributed by atoms with E-state index in [1.807, 2.05) is 51.1 Å². The summed E-state index contributed by atoms with van der Waals surface area (Å²) in [4.78, 5) is 50.3. The standard InChI is InChI=1S/C20H26N2O2.C17H27NO3.CH3NO.CH3.V/c1-24-15-9-10-17-19(12-15)22-20(23)18(21-17)6-4-2-3-5-13-7-8-14-11-16(13)14;1-17(2,3)16(21)15(11-19)14(9-10-18-12-20)13-7-5-4-6-8-13;2-1-3;;/h9-10,12-14,16H,2-8,11H2,1H3,(H,22,23);4-5,7,11-12,14-16,21H,6,8-10H2,1-3H3,(H,18,20);1H,(H2,2,3);1H3;/q;;;-1;/t;14?,15?,16-;;;/m.1.../s1. The average Bonchev–Trinajstić information content (AvgIpc) is 3.75. The summed E-state index contributed by atoms with van der Waals surface area (Å²) in [7, 11) is 1.62. The van der Waals surface area contributed by atoms with Gasteiger partial charge in [-0.25, -0.2) is 4.98 Å². The van der Waals surface area contributed by atoms with Crippen molar-refractivity contribution in [2.75, 3.05) is 13.7 Å². The first kappa shape index (κ1) is 44.8. The van der Waals surface area contributed by atoms with Gasteiger partial charge in [-0.05, 0) is 92.6 Å². The summed E-state index contributed by atoms with van der Waals surface area (Å²) in [6, 6.07) is 5.60. The van der Waals surface area contributed by atoms with Gasteiger partial charge in [0.25, 0.3) is 5.56 Å². The van der Waals surface area contributed by atoms with Crippen molar-refractivity contribution in [3.05, 3.63) is 65.5 Å². The molecule has 6 atom stereocenters. The van der Waals surface area contributed by atoms with E-state index >= 15 is 0 Å². The molecule has 11 heteroatoms. The summed E-state index contributed by atoms with van der Waals surface area (Å²) in [5, 5.41) is 13.2. The molecule has 5 unspecified atom stereocenters. The third-order valence-corrected chi connectivity index (χ3v) is 10.0. The monoisotopic (exact) mass is 730 g/mol. The van der Waals surface area contributed by atoms with Gasteiger partial charge in [-0.1, -0.05) is 63.8 Å². The van der Waals surface area contributed by atoms with Crippen molar-refractivity contribution in [1.29, 1.82) is 0 Å². The Morgan fingerprint density at radius 1 is 1.16 bits per heavy atom. The smallest absolute Gasteiger partial charge is 0.270 e. The molecule has 5 N–H and O–H groups in total. The molecule has 2 aromatic rings. The second kappa shape index (κ2) is 22.6. The summed E-state index contributed by atoms with van der Waals surface area (Å²) < 4.78 is 5.19. The van der Waals surface area contributed by atoms with Crippen LogP contribution < -0.4 is 21.3 Å². The number of allylic oxidation sites excluding steroid dienone is 4. The van der Waals surface area contributed by atoms with Crippen LogP contribution in [0.3, 0.4) is 0 Å². The zero-order chi connectivity index (χ0) is 35.1. The first-order valence-corrected chi connectivity index (χ1v) is 17.5. The van der Waals surface area contributed by atoms with E-state index in [1.54, 1.807) is 7.11 Å². The van der Waals surface area contributed by atoms with Crippen LogP contribution in [0.4, 0.5) is 0 Å². The van der Waals surface area contributed by atoms with Gasteiger partial charge in [0.15, 0.2) is 0 Å². The summed E-state index contributed by atoms with van der Waals surface area (Å²) >= 11 is 0. The van der Waals surface area contributed by atoms with E-state index in [0.29, 0.717) is 25.1 Å². The van der Waals surface area contributed by atoms with Crippen LogP contribution in [0.15, 0.2) is 46.8 Å². The van der Waals surface area contributed by atoms with Gasteiger partial charge in [0.1, 0.15) is 17.7 Å². The number of ether oxygens (including phenoxy) is 1. The van der Waals surface area contributed by atoms with Gasteiger partial charge >= 0.3 is 0 Å². The molecule has 0 aliphatic heterocycles. The Balaban J connectivity index is 0.000000451. The molecule has 2 fully saturated rings. The van der Waals surface area contributed by atoms with Crippen LogP contribution in [0, 0.1) is 42.4 Å². The molecule has 3 aliphatic rings. The van der Waals surface area contributed by atoms with E-state index in [9.17, 15) is 19.5 Å². The Bertz CT molecular complexity index is 1450. The maximum Gasteiger partial charge on any atom is 0.270 e. The van der Waals surface area contributed by atoms with Gasteiger partial charge in [-0.2, -0.15) is 0 Å². The number of amides is 2. The van der Waals surface area contributed by atoms with Crippen molar-refractivity contribution in [2.45, 2.75) is 97.5 Å². The Labute approximate surface area is 310 Å². The Morgan fingerprint density at radius 2 is 1.90 bits per heavy atom. The molecule has 5 rings (SSSR count). The molecule has 10 nitrogen and oxygen atoms in total. The van der Waals surface area contributed by atoms with Gasteiger partial charge in [0.2, 0.25) is 12.8 Å². The number of aliphatic hydroxyl groups excluding tert-OH is 1. The number of hydrogen-bond acceptors (Lipinski definition) is 7. The number of aryl methyl sites for hydroxylation is 1. The van der Waals surface area contributed by atoms with Crippen LogP contribution in [0.1, 0.15) is 90.7 Å². The van der Waals surface area contributed by atoms with Gasteiger partial charge < -0.3 is 38.1 Å². The molecular formula is C39H59N4O6V-. The van der Waals surface area contributed by atoms with E-state index in [1.165, 1.54) is 44.1 Å². The molecule has 1 radical (unpaired) electrons. The van der Waals surface area contributed by atoms with E-state index in [2.05, 4.69) is 27.1 Å². The number of primary amides is 1. The van der Waals surface area contributed by atoms with E-state index in [0.717, 1.165) is 66.5 Å². The van der Waals surface area contributed by atoms with Gasteiger partial charge in [0, 0.05) is 37.1 Å². The van der Waals surface area contributed by atoms with Gasteiger partial charge in [-0.3, -0.25) is 14.4 Å². The third kappa shape index (κ3) is 13.5. The van der Waals surface area contributed by atoms with Crippen LogP contribution in [0.25, 0.3) is 11.0 Å². The quantitative estimate of drug-likeness (QED) is 0.101. The molecule has 3 aliphatic carbocycles.